The Balaban J connectivity index is 1.81. The number of hydrogen-bond donors (Lipinski definition) is 0. The molecule has 0 radical (unpaired) electrons. The molecule has 4 heteroatoms. The molecule has 0 saturated carbocycles. The lowest BCUT2D eigenvalue weighted by atomic mass is 10.1. The van der Waals surface area contributed by atoms with Crippen LogP contribution in [0.3, 0.4) is 0 Å². The first-order valence-corrected chi connectivity index (χ1v) is 8.18. The first-order valence-electron chi connectivity index (χ1n) is 8.18. The van der Waals surface area contributed by atoms with Gasteiger partial charge in [0.25, 0.3) is 0 Å². The van der Waals surface area contributed by atoms with E-state index in [-0.39, 0.29) is 0 Å². The molecule has 0 atom stereocenters. The monoisotopic (exact) mass is 274 g/mol. The van der Waals surface area contributed by atoms with E-state index in [1.165, 1.54) is 44.9 Å². The van der Waals surface area contributed by atoms with Gasteiger partial charge in [-0.25, -0.2) is 4.98 Å². The van der Waals surface area contributed by atoms with Crippen LogP contribution in [-0.4, -0.2) is 36.1 Å². The third kappa shape index (κ3) is 3.22. The lowest BCUT2D eigenvalue weighted by molar-refractivity contribution is 0.572. The van der Waals surface area contributed by atoms with E-state index in [1.54, 1.807) is 0 Å². The summed E-state index contributed by atoms with van der Waals surface area (Å²) in [4.78, 5) is 14.4. The van der Waals surface area contributed by atoms with Crippen LogP contribution < -0.4 is 9.80 Å². The Kier molecular flexibility index (Phi) is 4.38. The van der Waals surface area contributed by atoms with E-state index < -0.39 is 0 Å². The predicted molar refractivity (Wildman–Crippen MR) is 83.5 cm³/mol. The van der Waals surface area contributed by atoms with Gasteiger partial charge in [-0.1, -0.05) is 12.8 Å². The van der Waals surface area contributed by atoms with Gasteiger partial charge in [-0.15, -0.1) is 0 Å². The molecule has 0 amide bonds. The quantitative estimate of drug-likeness (QED) is 0.829. The smallest absolute Gasteiger partial charge is 0.227 e. The van der Waals surface area contributed by atoms with Crippen LogP contribution in [0.25, 0.3) is 0 Å². The van der Waals surface area contributed by atoms with Gasteiger partial charge in [-0.2, -0.15) is 4.98 Å². The van der Waals surface area contributed by atoms with Crippen molar-refractivity contribution in [1.82, 2.24) is 9.97 Å². The summed E-state index contributed by atoms with van der Waals surface area (Å²) in [6.07, 6.45) is 9.19. The van der Waals surface area contributed by atoms with Crippen LogP contribution >= 0.6 is 0 Å². The Morgan fingerprint density at radius 1 is 0.750 bits per heavy atom. The van der Waals surface area contributed by atoms with E-state index in [4.69, 9.17) is 4.98 Å². The highest BCUT2D eigenvalue weighted by molar-refractivity contribution is 5.46. The maximum Gasteiger partial charge on any atom is 0.227 e. The Morgan fingerprint density at radius 2 is 1.30 bits per heavy atom. The van der Waals surface area contributed by atoms with E-state index in [9.17, 15) is 0 Å². The molecule has 0 unspecified atom stereocenters. The van der Waals surface area contributed by atoms with Gasteiger partial charge < -0.3 is 9.80 Å². The van der Waals surface area contributed by atoms with Gasteiger partial charge >= 0.3 is 0 Å². The Labute approximate surface area is 122 Å². The van der Waals surface area contributed by atoms with Crippen molar-refractivity contribution in [2.75, 3.05) is 36.0 Å². The van der Waals surface area contributed by atoms with Crippen LogP contribution in [0.15, 0.2) is 6.07 Å². The normalized spacial score (nSPS) is 20.9. The highest BCUT2D eigenvalue weighted by atomic mass is 15.3. The number of aromatic nitrogens is 2. The summed E-state index contributed by atoms with van der Waals surface area (Å²) in [6, 6.07) is 2.15. The number of rotatable bonds is 2. The third-order valence-corrected chi connectivity index (χ3v) is 4.40. The van der Waals surface area contributed by atoms with Crippen LogP contribution in [0, 0.1) is 6.92 Å². The number of piperidine rings is 1. The van der Waals surface area contributed by atoms with Crippen molar-refractivity contribution in [1.29, 1.82) is 0 Å². The van der Waals surface area contributed by atoms with E-state index in [1.807, 2.05) is 0 Å². The summed E-state index contributed by atoms with van der Waals surface area (Å²) >= 11 is 0. The molecule has 2 fully saturated rings. The minimum Gasteiger partial charge on any atom is -0.356 e. The molecule has 2 aliphatic heterocycles. The first kappa shape index (κ1) is 13.7. The Bertz CT molecular complexity index is 432. The van der Waals surface area contributed by atoms with Crippen LogP contribution in [0.4, 0.5) is 11.8 Å². The van der Waals surface area contributed by atoms with Gasteiger partial charge in [0.15, 0.2) is 0 Å². The number of aryl methyl sites for hydroxylation is 1. The zero-order valence-corrected chi connectivity index (χ0v) is 12.6. The summed E-state index contributed by atoms with van der Waals surface area (Å²) in [5.74, 6) is 2.09. The fraction of sp³-hybridized carbons (Fsp3) is 0.750. The minimum atomic E-state index is 0.951. The van der Waals surface area contributed by atoms with Crippen molar-refractivity contribution in [3.8, 4) is 0 Å². The zero-order valence-electron chi connectivity index (χ0n) is 12.6. The largest absolute Gasteiger partial charge is 0.356 e. The molecule has 0 spiro atoms. The highest BCUT2D eigenvalue weighted by Crippen LogP contribution is 2.22. The minimum absolute atomic E-state index is 0.951. The summed E-state index contributed by atoms with van der Waals surface area (Å²) in [6.45, 7) is 6.62. The molecule has 20 heavy (non-hydrogen) atoms. The van der Waals surface area contributed by atoms with Gasteiger partial charge in [0.1, 0.15) is 5.82 Å². The van der Waals surface area contributed by atoms with Crippen molar-refractivity contribution in [2.45, 2.75) is 51.9 Å². The van der Waals surface area contributed by atoms with Crippen LogP contribution in [0.2, 0.25) is 0 Å². The number of hydrogen-bond acceptors (Lipinski definition) is 4. The molecule has 2 saturated heterocycles. The van der Waals surface area contributed by atoms with Crippen molar-refractivity contribution >= 4 is 11.8 Å². The van der Waals surface area contributed by atoms with E-state index in [0.29, 0.717) is 0 Å². The molecule has 1 aromatic rings. The number of anilines is 2. The Morgan fingerprint density at radius 3 is 1.95 bits per heavy atom. The SMILES string of the molecule is Cc1cc(N2CCCCC2)nc(N2CCCCCC2)n1. The van der Waals surface area contributed by atoms with Crippen molar-refractivity contribution < 1.29 is 0 Å². The molecule has 0 aromatic carbocycles. The molecule has 0 aliphatic carbocycles. The molecule has 1 aromatic heterocycles. The van der Waals surface area contributed by atoms with Gasteiger partial charge in [-0.3, -0.25) is 0 Å². The fourth-order valence-electron chi connectivity index (χ4n) is 3.23. The van der Waals surface area contributed by atoms with Crippen molar-refractivity contribution in [3.05, 3.63) is 11.8 Å². The van der Waals surface area contributed by atoms with Gasteiger partial charge in [-0.05, 0) is 39.0 Å². The first-order chi connectivity index (χ1) is 9.83. The summed E-state index contributed by atoms with van der Waals surface area (Å²) < 4.78 is 0. The summed E-state index contributed by atoms with van der Waals surface area (Å²) in [5.41, 5.74) is 1.10. The van der Waals surface area contributed by atoms with Gasteiger partial charge in [0.05, 0.1) is 0 Å². The molecular weight excluding hydrogens is 248 g/mol. The maximum atomic E-state index is 4.86. The average molecular weight is 274 g/mol. The highest BCUT2D eigenvalue weighted by Gasteiger charge is 2.17. The lowest BCUT2D eigenvalue weighted by Crippen LogP contribution is -2.32. The molecular formula is C16H26N4. The molecule has 3 rings (SSSR count). The topological polar surface area (TPSA) is 32.3 Å². The van der Waals surface area contributed by atoms with Crippen LogP contribution in [-0.2, 0) is 0 Å². The molecule has 4 nitrogen and oxygen atoms in total. The van der Waals surface area contributed by atoms with Gasteiger partial charge in [0, 0.05) is 37.9 Å². The predicted octanol–water partition coefficient (Wildman–Crippen LogP) is 3.16. The molecule has 3 heterocycles. The fourth-order valence-corrected chi connectivity index (χ4v) is 3.23. The molecule has 0 bridgehead atoms. The second-order valence-electron chi connectivity index (χ2n) is 6.12. The van der Waals surface area contributed by atoms with Gasteiger partial charge in [0.2, 0.25) is 5.95 Å². The molecule has 0 N–H and O–H groups in total. The second-order valence-corrected chi connectivity index (χ2v) is 6.12. The standard InChI is InChI=1S/C16H26N4/c1-14-13-15(19-9-7-4-8-10-19)18-16(17-14)20-11-5-2-3-6-12-20/h13H,2-12H2,1H3. The number of nitrogens with zero attached hydrogens (tertiary/aromatic N) is 4. The zero-order chi connectivity index (χ0) is 13.8. The van der Waals surface area contributed by atoms with E-state index in [0.717, 1.165) is 43.6 Å². The summed E-state index contributed by atoms with van der Waals surface area (Å²) in [5, 5.41) is 0. The average Bonchev–Trinajstić information content (AvgIpc) is 2.77. The summed E-state index contributed by atoms with van der Waals surface area (Å²) in [7, 11) is 0. The Hall–Kier alpha value is -1.32. The van der Waals surface area contributed by atoms with E-state index >= 15 is 0 Å². The molecule has 2 aliphatic rings. The maximum absolute atomic E-state index is 4.86. The van der Waals surface area contributed by atoms with E-state index in [2.05, 4.69) is 27.8 Å². The third-order valence-electron chi connectivity index (χ3n) is 4.40. The lowest BCUT2D eigenvalue weighted by Gasteiger charge is -2.29. The van der Waals surface area contributed by atoms with Crippen LogP contribution in [0.5, 0.6) is 0 Å². The second kappa shape index (κ2) is 6.42. The molecule has 110 valence electrons. The van der Waals surface area contributed by atoms with Crippen molar-refractivity contribution in [2.24, 2.45) is 0 Å². The van der Waals surface area contributed by atoms with Crippen molar-refractivity contribution in [3.63, 3.8) is 0 Å². The van der Waals surface area contributed by atoms with Crippen LogP contribution in [0.1, 0.15) is 50.6 Å².